The fourth-order valence-corrected chi connectivity index (χ4v) is 2.70. The molecule has 0 spiro atoms. The minimum Gasteiger partial charge on any atom is -0.336 e. The van der Waals surface area contributed by atoms with Crippen LogP contribution < -0.4 is 0 Å². The van der Waals surface area contributed by atoms with E-state index in [-0.39, 0.29) is 11.9 Å². The minimum absolute atomic E-state index is 0.0764. The van der Waals surface area contributed by atoms with Crippen molar-refractivity contribution < 1.29 is 4.79 Å². The molecular formula is C16H21N3O. The molecule has 1 amide bonds. The first-order valence-corrected chi connectivity index (χ1v) is 7.03. The van der Waals surface area contributed by atoms with Gasteiger partial charge in [0.1, 0.15) is 0 Å². The van der Waals surface area contributed by atoms with Gasteiger partial charge < -0.3 is 4.90 Å². The molecule has 1 aromatic rings. The van der Waals surface area contributed by atoms with E-state index in [9.17, 15) is 4.79 Å². The number of aryl methyl sites for hydroxylation is 2. The fourth-order valence-electron chi connectivity index (χ4n) is 2.70. The van der Waals surface area contributed by atoms with E-state index in [0.717, 1.165) is 29.8 Å². The van der Waals surface area contributed by atoms with Crippen molar-refractivity contribution in [3.8, 4) is 6.07 Å². The third kappa shape index (κ3) is 2.83. The summed E-state index contributed by atoms with van der Waals surface area (Å²) in [5, 5.41) is 8.94. The van der Waals surface area contributed by atoms with Crippen molar-refractivity contribution in [2.24, 2.45) is 0 Å². The van der Waals surface area contributed by atoms with Crippen LogP contribution in [-0.2, 0) is 0 Å². The summed E-state index contributed by atoms with van der Waals surface area (Å²) in [5.41, 5.74) is 2.89. The lowest BCUT2D eigenvalue weighted by atomic mass is 10.0. The van der Waals surface area contributed by atoms with Gasteiger partial charge in [0.05, 0.1) is 12.1 Å². The van der Waals surface area contributed by atoms with Crippen LogP contribution in [0.4, 0.5) is 0 Å². The van der Waals surface area contributed by atoms with Gasteiger partial charge in [-0.05, 0) is 31.9 Å². The summed E-state index contributed by atoms with van der Waals surface area (Å²) in [6.07, 6.45) is 0. The van der Waals surface area contributed by atoms with Crippen LogP contribution in [0.3, 0.4) is 0 Å². The molecule has 0 N–H and O–H groups in total. The van der Waals surface area contributed by atoms with E-state index in [2.05, 4.69) is 11.0 Å². The third-order valence-electron chi connectivity index (χ3n) is 4.03. The van der Waals surface area contributed by atoms with Gasteiger partial charge in [0.25, 0.3) is 5.91 Å². The molecule has 2 rings (SSSR count). The maximum atomic E-state index is 12.6. The zero-order chi connectivity index (χ0) is 14.7. The smallest absolute Gasteiger partial charge is 0.254 e. The Morgan fingerprint density at radius 3 is 2.25 bits per heavy atom. The predicted molar refractivity (Wildman–Crippen MR) is 78.5 cm³/mol. The van der Waals surface area contributed by atoms with E-state index >= 15 is 0 Å². The monoisotopic (exact) mass is 271 g/mol. The van der Waals surface area contributed by atoms with Crippen molar-refractivity contribution in [3.05, 3.63) is 34.9 Å². The summed E-state index contributed by atoms with van der Waals surface area (Å²) in [6, 6.07) is 8.12. The normalized spacial score (nSPS) is 17.6. The molecule has 1 atom stereocenters. The van der Waals surface area contributed by atoms with Crippen molar-refractivity contribution in [2.75, 3.05) is 26.2 Å². The lowest BCUT2D eigenvalue weighted by molar-refractivity contribution is 0.0614. The van der Waals surface area contributed by atoms with E-state index in [4.69, 9.17) is 5.26 Å². The number of hydrogen-bond acceptors (Lipinski definition) is 3. The summed E-state index contributed by atoms with van der Waals surface area (Å²) in [7, 11) is 0. The van der Waals surface area contributed by atoms with Crippen LogP contribution in [0, 0.1) is 25.2 Å². The first-order chi connectivity index (χ1) is 9.54. The number of amides is 1. The molecule has 4 nitrogen and oxygen atoms in total. The summed E-state index contributed by atoms with van der Waals surface area (Å²) >= 11 is 0. The Bertz CT molecular complexity index is 519. The van der Waals surface area contributed by atoms with Crippen LogP contribution in [0.25, 0.3) is 0 Å². The molecule has 1 unspecified atom stereocenters. The molecule has 4 heteroatoms. The Morgan fingerprint density at radius 1 is 1.20 bits per heavy atom. The lowest BCUT2D eigenvalue weighted by Gasteiger charge is -2.36. The number of carbonyl (C=O) groups excluding carboxylic acids is 1. The molecular weight excluding hydrogens is 250 g/mol. The van der Waals surface area contributed by atoms with E-state index in [1.54, 1.807) is 0 Å². The Morgan fingerprint density at radius 2 is 1.75 bits per heavy atom. The van der Waals surface area contributed by atoms with Crippen molar-refractivity contribution in [2.45, 2.75) is 26.8 Å². The highest BCUT2D eigenvalue weighted by Gasteiger charge is 2.25. The van der Waals surface area contributed by atoms with Crippen molar-refractivity contribution >= 4 is 5.91 Å². The molecule has 1 heterocycles. The highest BCUT2D eigenvalue weighted by molar-refractivity contribution is 5.97. The molecule has 0 bridgehead atoms. The highest BCUT2D eigenvalue weighted by Crippen LogP contribution is 2.17. The topological polar surface area (TPSA) is 47.3 Å². The Kier molecular flexibility index (Phi) is 4.41. The summed E-state index contributed by atoms with van der Waals surface area (Å²) in [4.78, 5) is 16.6. The zero-order valence-corrected chi connectivity index (χ0v) is 12.4. The first-order valence-electron chi connectivity index (χ1n) is 7.03. The maximum absolute atomic E-state index is 12.6. The molecule has 1 aliphatic heterocycles. The highest BCUT2D eigenvalue weighted by atomic mass is 16.2. The van der Waals surface area contributed by atoms with Gasteiger partial charge in [-0.25, -0.2) is 0 Å². The van der Waals surface area contributed by atoms with Crippen LogP contribution in [0.2, 0.25) is 0 Å². The standard InChI is InChI=1S/C16H21N3O/c1-12-5-4-6-13(2)15(12)16(20)19-9-7-18(8-10-19)14(3)11-17/h4-6,14H,7-10H2,1-3H3. The van der Waals surface area contributed by atoms with Gasteiger partial charge in [-0.2, -0.15) is 5.26 Å². The van der Waals surface area contributed by atoms with E-state index < -0.39 is 0 Å². The van der Waals surface area contributed by atoms with Crippen molar-refractivity contribution in [1.82, 2.24) is 9.80 Å². The zero-order valence-electron chi connectivity index (χ0n) is 12.4. The molecule has 0 aliphatic carbocycles. The Hall–Kier alpha value is -1.86. The number of rotatable bonds is 2. The van der Waals surface area contributed by atoms with Gasteiger partial charge >= 0.3 is 0 Å². The lowest BCUT2D eigenvalue weighted by Crippen LogP contribution is -2.51. The molecule has 1 fully saturated rings. The number of nitrogens with zero attached hydrogens (tertiary/aromatic N) is 3. The summed E-state index contributed by atoms with van der Waals surface area (Å²) < 4.78 is 0. The second-order valence-corrected chi connectivity index (χ2v) is 5.40. The number of piperazine rings is 1. The second kappa shape index (κ2) is 6.06. The molecule has 1 saturated heterocycles. The third-order valence-corrected chi connectivity index (χ3v) is 4.03. The minimum atomic E-state index is -0.0764. The van der Waals surface area contributed by atoms with E-state index in [0.29, 0.717) is 13.1 Å². The molecule has 0 saturated carbocycles. The maximum Gasteiger partial charge on any atom is 0.254 e. The fraction of sp³-hybridized carbons (Fsp3) is 0.500. The van der Waals surface area contributed by atoms with E-state index in [1.165, 1.54) is 0 Å². The summed E-state index contributed by atoms with van der Waals surface area (Å²) in [6.45, 7) is 8.79. The summed E-state index contributed by atoms with van der Waals surface area (Å²) in [5.74, 6) is 0.116. The second-order valence-electron chi connectivity index (χ2n) is 5.40. The van der Waals surface area contributed by atoms with Gasteiger partial charge in [0.2, 0.25) is 0 Å². The molecule has 0 radical (unpaired) electrons. The average molecular weight is 271 g/mol. The molecule has 1 aliphatic rings. The SMILES string of the molecule is Cc1cccc(C)c1C(=O)N1CCN(C(C)C#N)CC1. The van der Waals surface area contributed by atoms with Crippen LogP contribution in [0.5, 0.6) is 0 Å². The molecule has 1 aromatic carbocycles. The first kappa shape index (κ1) is 14.5. The predicted octanol–water partition coefficient (Wildman–Crippen LogP) is 1.97. The van der Waals surface area contributed by atoms with E-state index in [1.807, 2.05) is 43.9 Å². The van der Waals surface area contributed by atoms with Gasteiger partial charge in [0.15, 0.2) is 0 Å². The van der Waals surface area contributed by atoms with Crippen LogP contribution in [0.1, 0.15) is 28.4 Å². The Labute approximate surface area is 120 Å². The largest absolute Gasteiger partial charge is 0.336 e. The quantitative estimate of drug-likeness (QED) is 0.826. The van der Waals surface area contributed by atoms with Crippen LogP contribution >= 0.6 is 0 Å². The average Bonchev–Trinajstić information content (AvgIpc) is 2.46. The molecule has 0 aromatic heterocycles. The molecule has 106 valence electrons. The van der Waals surface area contributed by atoms with Gasteiger partial charge in [-0.15, -0.1) is 0 Å². The van der Waals surface area contributed by atoms with Crippen LogP contribution in [0.15, 0.2) is 18.2 Å². The van der Waals surface area contributed by atoms with Gasteiger partial charge in [-0.3, -0.25) is 9.69 Å². The number of nitriles is 1. The van der Waals surface area contributed by atoms with Crippen LogP contribution in [-0.4, -0.2) is 47.9 Å². The number of carbonyl (C=O) groups is 1. The van der Waals surface area contributed by atoms with Crippen molar-refractivity contribution in [3.63, 3.8) is 0 Å². The number of benzene rings is 1. The number of hydrogen-bond donors (Lipinski definition) is 0. The van der Waals surface area contributed by atoms with Gasteiger partial charge in [0, 0.05) is 31.7 Å². The molecule has 20 heavy (non-hydrogen) atoms. The Balaban J connectivity index is 2.08. The van der Waals surface area contributed by atoms with Crippen molar-refractivity contribution in [1.29, 1.82) is 5.26 Å². The van der Waals surface area contributed by atoms with Gasteiger partial charge in [-0.1, -0.05) is 18.2 Å².